The van der Waals surface area contributed by atoms with Gasteiger partial charge >= 0.3 is 0 Å². The van der Waals surface area contributed by atoms with E-state index in [9.17, 15) is 4.79 Å². The van der Waals surface area contributed by atoms with Gasteiger partial charge in [-0.2, -0.15) is 0 Å². The molecule has 0 aliphatic carbocycles. The first-order valence-corrected chi connectivity index (χ1v) is 10.7. The van der Waals surface area contributed by atoms with Crippen LogP contribution < -0.4 is 4.90 Å². The van der Waals surface area contributed by atoms with Crippen LogP contribution >= 0.6 is 34.5 Å². The summed E-state index contributed by atoms with van der Waals surface area (Å²) in [4.78, 5) is 19.1. The summed E-state index contributed by atoms with van der Waals surface area (Å²) in [7, 11) is 0. The summed E-state index contributed by atoms with van der Waals surface area (Å²) in [5.41, 5.74) is 2.19. The average molecular weight is 435 g/mol. The minimum Gasteiger partial charge on any atom is -0.283 e. The van der Waals surface area contributed by atoms with E-state index in [0.717, 1.165) is 30.5 Å². The lowest BCUT2D eigenvalue weighted by atomic mass is 10.2. The fraction of sp³-hybridized carbons (Fsp3) is 0.300. The van der Waals surface area contributed by atoms with Gasteiger partial charge in [0.1, 0.15) is 10.2 Å². The van der Waals surface area contributed by atoms with Gasteiger partial charge in [0.05, 0.1) is 10.6 Å². The zero-order valence-corrected chi connectivity index (χ0v) is 18.0. The van der Waals surface area contributed by atoms with E-state index in [1.165, 1.54) is 11.3 Å². The Balaban J connectivity index is 1.95. The standard InChI is InChI=1S/C20H20Cl2N4OS/c1-3-5-10-26(19(27)15-8-6-7-9-16(15)21)20-25-24-18(28-20)13-11-14(4-2)23-17(22)12-13/h6-9,11-12H,3-5,10H2,1-2H3. The number of hydrogen-bond donors (Lipinski definition) is 0. The molecule has 0 bridgehead atoms. The molecule has 3 rings (SSSR count). The highest BCUT2D eigenvalue weighted by molar-refractivity contribution is 7.18. The Hall–Kier alpha value is -2.02. The molecule has 0 N–H and O–H groups in total. The number of benzene rings is 1. The lowest BCUT2D eigenvalue weighted by molar-refractivity contribution is 0.0986. The second kappa shape index (κ2) is 9.45. The number of aryl methyl sites for hydroxylation is 1. The normalized spacial score (nSPS) is 10.9. The zero-order valence-electron chi connectivity index (χ0n) is 15.7. The third-order valence-corrected chi connectivity index (χ3v) is 5.70. The molecule has 0 spiro atoms. The molecule has 28 heavy (non-hydrogen) atoms. The monoisotopic (exact) mass is 434 g/mol. The first kappa shape index (κ1) is 20.7. The van der Waals surface area contributed by atoms with Crippen molar-refractivity contribution in [2.24, 2.45) is 0 Å². The number of carbonyl (C=O) groups excluding carboxylic acids is 1. The Morgan fingerprint density at radius 2 is 1.93 bits per heavy atom. The summed E-state index contributed by atoms with van der Waals surface area (Å²) < 4.78 is 0. The molecular weight excluding hydrogens is 415 g/mol. The molecule has 0 saturated carbocycles. The third kappa shape index (κ3) is 4.69. The van der Waals surface area contributed by atoms with Crippen molar-refractivity contribution >= 4 is 45.6 Å². The lowest BCUT2D eigenvalue weighted by Crippen LogP contribution is -2.32. The smallest absolute Gasteiger partial charge is 0.261 e. The van der Waals surface area contributed by atoms with Crippen LogP contribution in [0, 0.1) is 0 Å². The number of rotatable bonds is 7. The maximum Gasteiger partial charge on any atom is 0.261 e. The van der Waals surface area contributed by atoms with E-state index in [-0.39, 0.29) is 5.91 Å². The first-order chi connectivity index (χ1) is 13.5. The van der Waals surface area contributed by atoms with Crippen molar-refractivity contribution in [1.82, 2.24) is 15.2 Å². The van der Waals surface area contributed by atoms with Crippen molar-refractivity contribution in [2.75, 3.05) is 11.4 Å². The van der Waals surface area contributed by atoms with E-state index in [4.69, 9.17) is 23.2 Å². The van der Waals surface area contributed by atoms with Gasteiger partial charge < -0.3 is 0 Å². The van der Waals surface area contributed by atoms with Gasteiger partial charge in [0.15, 0.2) is 0 Å². The molecule has 146 valence electrons. The summed E-state index contributed by atoms with van der Waals surface area (Å²) in [6.07, 6.45) is 2.58. The van der Waals surface area contributed by atoms with Crippen LogP contribution in [0.3, 0.4) is 0 Å². The quantitative estimate of drug-likeness (QED) is 0.433. The molecule has 3 aromatic rings. The number of carbonyl (C=O) groups is 1. The van der Waals surface area contributed by atoms with Crippen LogP contribution in [-0.4, -0.2) is 27.6 Å². The fourth-order valence-electron chi connectivity index (χ4n) is 2.68. The maximum atomic E-state index is 13.1. The van der Waals surface area contributed by atoms with Crippen LogP contribution in [0.1, 0.15) is 42.7 Å². The topological polar surface area (TPSA) is 59.0 Å². The molecule has 0 radical (unpaired) electrons. The van der Waals surface area contributed by atoms with E-state index in [1.54, 1.807) is 35.2 Å². The minimum atomic E-state index is -0.177. The predicted molar refractivity (Wildman–Crippen MR) is 116 cm³/mol. The Labute approximate surface area is 178 Å². The van der Waals surface area contributed by atoms with Crippen LogP contribution in [0.4, 0.5) is 5.13 Å². The Bertz CT molecular complexity index is 976. The van der Waals surface area contributed by atoms with Crippen LogP contribution in [0.5, 0.6) is 0 Å². The van der Waals surface area contributed by atoms with Crippen molar-refractivity contribution in [1.29, 1.82) is 0 Å². The van der Waals surface area contributed by atoms with Crippen molar-refractivity contribution in [3.63, 3.8) is 0 Å². The number of halogens is 2. The fourth-order valence-corrected chi connectivity index (χ4v) is 3.98. The van der Waals surface area contributed by atoms with Crippen LogP contribution in [0.2, 0.25) is 10.2 Å². The highest BCUT2D eigenvalue weighted by Crippen LogP contribution is 2.32. The minimum absolute atomic E-state index is 0.177. The highest BCUT2D eigenvalue weighted by Gasteiger charge is 2.23. The second-order valence-corrected chi connectivity index (χ2v) is 7.95. The molecule has 0 saturated heterocycles. The van der Waals surface area contributed by atoms with Gasteiger partial charge in [-0.3, -0.25) is 9.69 Å². The van der Waals surface area contributed by atoms with Gasteiger partial charge in [-0.1, -0.05) is 66.9 Å². The second-order valence-electron chi connectivity index (χ2n) is 6.20. The summed E-state index contributed by atoms with van der Waals surface area (Å²) in [6.45, 7) is 4.64. The zero-order chi connectivity index (χ0) is 20.1. The molecule has 0 fully saturated rings. The van der Waals surface area contributed by atoms with E-state index in [0.29, 0.717) is 32.4 Å². The van der Waals surface area contributed by atoms with Gasteiger partial charge in [0.25, 0.3) is 5.91 Å². The Morgan fingerprint density at radius 3 is 2.64 bits per heavy atom. The molecule has 8 heteroatoms. The van der Waals surface area contributed by atoms with E-state index in [2.05, 4.69) is 22.1 Å². The average Bonchev–Trinajstić information content (AvgIpc) is 3.18. The molecule has 0 aliphatic heterocycles. The highest BCUT2D eigenvalue weighted by atomic mass is 35.5. The van der Waals surface area contributed by atoms with Crippen LogP contribution in [0.25, 0.3) is 10.6 Å². The van der Waals surface area contributed by atoms with Crippen molar-refractivity contribution in [3.05, 3.63) is 57.8 Å². The summed E-state index contributed by atoms with van der Waals surface area (Å²) in [5, 5.41) is 10.6. The largest absolute Gasteiger partial charge is 0.283 e. The maximum absolute atomic E-state index is 13.1. The SMILES string of the molecule is CCCCN(C(=O)c1ccccc1Cl)c1nnc(-c2cc(Cl)nc(CC)c2)s1. The molecule has 2 aromatic heterocycles. The van der Waals surface area contributed by atoms with Crippen molar-refractivity contribution in [2.45, 2.75) is 33.1 Å². The van der Waals surface area contributed by atoms with Gasteiger partial charge in [-0.25, -0.2) is 4.98 Å². The molecule has 5 nitrogen and oxygen atoms in total. The van der Waals surface area contributed by atoms with E-state index in [1.807, 2.05) is 13.0 Å². The molecule has 1 amide bonds. The van der Waals surface area contributed by atoms with Gasteiger partial charge in [0.2, 0.25) is 5.13 Å². The molecule has 0 unspecified atom stereocenters. The number of amides is 1. The molecule has 1 aromatic carbocycles. The number of aromatic nitrogens is 3. The van der Waals surface area contributed by atoms with Gasteiger partial charge in [0, 0.05) is 17.8 Å². The van der Waals surface area contributed by atoms with Crippen molar-refractivity contribution in [3.8, 4) is 10.6 Å². The third-order valence-electron chi connectivity index (χ3n) is 4.19. The molecule has 2 heterocycles. The first-order valence-electron chi connectivity index (χ1n) is 9.10. The molecule has 0 atom stereocenters. The number of nitrogens with zero attached hydrogens (tertiary/aromatic N) is 4. The Morgan fingerprint density at radius 1 is 1.14 bits per heavy atom. The predicted octanol–water partition coefficient (Wildman–Crippen LogP) is 5.92. The number of unbranched alkanes of at least 4 members (excludes halogenated alkanes) is 1. The lowest BCUT2D eigenvalue weighted by Gasteiger charge is -2.19. The van der Waals surface area contributed by atoms with E-state index >= 15 is 0 Å². The number of hydrogen-bond acceptors (Lipinski definition) is 5. The van der Waals surface area contributed by atoms with Gasteiger partial charge in [-0.15, -0.1) is 10.2 Å². The van der Waals surface area contributed by atoms with Crippen LogP contribution in [0.15, 0.2) is 36.4 Å². The van der Waals surface area contributed by atoms with E-state index < -0.39 is 0 Å². The summed E-state index contributed by atoms with van der Waals surface area (Å²) in [6, 6.07) is 10.7. The molecular formula is C20H20Cl2N4OS. The molecule has 0 aliphatic rings. The number of pyridine rings is 1. The van der Waals surface area contributed by atoms with Gasteiger partial charge in [-0.05, 0) is 37.1 Å². The summed E-state index contributed by atoms with van der Waals surface area (Å²) in [5.74, 6) is -0.177. The summed E-state index contributed by atoms with van der Waals surface area (Å²) >= 11 is 13.7. The van der Waals surface area contributed by atoms with Crippen LogP contribution in [-0.2, 0) is 6.42 Å². The number of anilines is 1. The Kier molecular flexibility index (Phi) is 6.99. The van der Waals surface area contributed by atoms with Crippen molar-refractivity contribution < 1.29 is 4.79 Å².